The maximum atomic E-state index is 12.1. The molecule has 6 heteroatoms. The number of carbonyl (C=O) groups excluding carboxylic acids is 1. The molecule has 0 saturated carbocycles. The van der Waals surface area contributed by atoms with E-state index in [1.165, 1.54) is 24.3 Å². The summed E-state index contributed by atoms with van der Waals surface area (Å²) in [5.74, 6) is -0.875. The zero-order chi connectivity index (χ0) is 17.3. The number of hydrogen-bond acceptors (Lipinski definition) is 6. The zero-order valence-electron chi connectivity index (χ0n) is 12.8. The van der Waals surface area contributed by atoms with Crippen LogP contribution in [0.1, 0.15) is 21.5 Å². The molecule has 1 aromatic heterocycles. The van der Waals surface area contributed by atoms with Gasteiger partial charge in [-0.05, 0) is 31.2 Å². The molecule has 2 N–H and O–H groups in total. The highest BCUT2D eigenvalue weighted by Gasteiger charge is 2.15. The molecule has 3 aromatic rings. The predicted molar refractivity (Wildman–Crippen MR) is 86.1 cm³/mol. The number of para-hydroxylation sites is 1. The number of phenolic OH excluding ortho intramolecular Hbond substituents is 2. The molecular weight excluding hydrogens is 312 g/mol. The lowest BCUT2D eigenvalue weighted by atomic mass is 10.1. The van der Waals surface area contributed by atoms with Gasteiger partial charge in [-0.25, -0.2) is 9.59 Å². The van der Waals surface area contributed by atoms with Crippen molar-refractivity contribution in [2.45, 2.75) is 13.5 Å². The van der Waals surface area contributed by atoms with Crippen LogP contribution in [0.5, 0.6) is 11.5 Å². The number of phenols is 2. The Bertz CT molecular complexity index is 986. The van der Waals surface area contributed by atoms with E-state index in [4.69, 9.17) is 9.15 Å². The number of aryl methyl sites for hydroxylation is 1. The monoisotopic (exact) mass is 326 g/mol. The molecule has 0 radical (unpaired) electrons. The summed E-state index contributed by atoms with van der Waals surface area (Å²) >= 11 is 0. The van der Waals surface area contributed by atoms with Crippen molar-refractivity contribution in [3.8, 4) is 11.5 Å². The highest BCUT2D eigenvalue weighted by Crippen LogP contribution is 2.28. The van der Waals surface area contributed by atoms with E-state index in [1.807, 2.05) is 0 Å². The third-order valence-electron chi connectivity index (χ3n) is 3.70. The Hall–Kier alpha value is -3.28. The summed E-state index contributed by atoms with van der Waals surface area (Å²) in [6.45, 7) is 1.46. The Morgan fingerprint density at radius 1 is 1.12 bits per heavy atom. The van der Waals surface area contributed by atoms with Crippen molar-refractivity contribution in [1.82, 2.24) is 0 Å². The van der Waals surface area contributed by atoms with Crippen molar-refractivity contribution < 1.29 is 24.2 Å². The van der Waals surface area contributed by atoms with Gasteiger partial charge in [0, 0.05) is 22.6 Å². The lowest BCUT2D eigenvalue weighted by Gasteiger charge is -2.09. The van der Waals surface area contributed by atoms with E-state index < -0.39 is 11.6 Å². The number of ether oxygens (including phenoxy) is 1. The Morgan fingerprint density at radius 3 is 2.62 bits per heavy atom. The van der Waals surface area contributed by atoms with Gasteiger partial charge in [0.05, 0.1) is 0 Å². The summed E-state index contributed by atoms with van der Waals surface area (Å²) in [5, 5.41) is 20.0. The van der Waals surface area contributed by atoms with Gasteiger partial charge in [-0.3, -0.25) is 0 Å². The molecule has 1 heterocycles. The average Bonchev–Trinajstić information content (AvgIpc) is 2.56. The molecule has 0 spiro atoms. The second-order valence-electron chi connectivity index (χ2n) is 5.27. The molecule has 0 amide bonds. The molecule has 0 aliphatic carbocycles. The summed E-state index contributed by atoms with van der Waals surface area (Å²) in [6.07, 6.45) is 0. The van der Waals surface area contributed by atoms with Gasteiger partial charge < -0.3 is 19.4 Å². The second kappa shape index (κ2) is 6.08. The van der Waals surface area contributed by atoms with E-state index in [0.717, 1.165) is 0 Å². The molecule has 0 bridgehead atoms. The van der Waals surface area contributed by atoms with Crippen LogP contribution in [0.4, 0.5) is 0 Å². The second-order valence-corrected chi connectivity index (χ2v) is 5.27. The lowest BCUT2D eigenvalue weighted by Crippen LogP contribution is -2.08. The maximum Gasteiger partial charge on any atom is 0.342 e. The van der Waals surface area contributed by atoms with Gasteiger partial charge >= 0.3 is 11.6 Å². The van der Waals surface area contributed by atoms with Crippen LogP contribution in [0.25, 0.3) is 11.0 Å². The highest BCUT2D eigenvalue weighted by atomic mass is 16.5. The van der Waals surface area contributed by atoms with Gasteiger partial charge in [-0.2, -0.15) is 0 Å². The number of benzene rings is 2. The summed E-state index contributed by atoms with van der Waals surface area (Å²) in [7, 11) is 0. The van der Waals surface area contributed by atoms with Gasteiger partial charge in [-0.15, -0.1) is 0 Å². The van der Waals surface area contributed by atoms with Gasteiger partial charge in [0.1, 0.15) is 29.3 Å². The Balaban J connectivity index is 1.94. The molecule has 6 nitrogen and oxygen atoms in total. The minimum absolute atomic E-state index is 0.00834. The van der Waals surface area contributed by atoms with Crippen LogP contribution < -0.4 is 5.63 Å². The first-order valence-electron chi connectivity index (χ1n) is 7.18. The molecule has 2 aromatic carbocycles. The summed E-state index contributed by atoms with van der Waals surface area (Å²) < 4.78 is 10.3. The largest absolute Gasteiger partial charge is 0.508 e. The maximum absolute atomic E-state index is 12.1. The average molecular weight is 326 g/mol. The molecule has 0 unspecified atom stereocenters. The zero-order valence-corrected chi connectivity index (χ0v) is 12.8. The number of rotatable bonds is 3. The van der Waals surface area contributed by atoms with Crippen molar-refractivity contribution in [3.63, 3.8) is 0 Å². The van der Waals surface area contributed by atoms with Crippen LogP contribution in [0.15, 0.2) is 51.7 Å². The normalized spacial score (nSPS) is 10.7. The van der Waals surface area contributed by atoms with Gasteiger partial charge in [-0.1, -0.05) is 12.1 Å². The number of esters is 1. The number of fused-ring (bicyclic) bond motifs is 1. The van der Waals surface area contributed by atoms with Crippen molar-refractivity contribution in [1.29, 1.82) is 0 Å². The van der Waals surface area contributed by atoms with Gasteiger partial charge in [0.15, 0.2) is 0 Å². The summed E-state index contributed by atoms with van der Waals surface area (Å²) in [4.78, 5) is 23.8. The van der Waals surface area contributed by atoms with Crippen LogP contribution >= 0.6 is 0 Å². The van der Waals surface area contributed by atoms with Crippen LogP contribution in [0, 0.1) is 6.92 Å². The van der Waals surface area contributed by atoms with E-state index >= 15 is 0 Å². The fourth-order valence-electron chi connectivity index (χ4n) is 2.40. The fourth-order valence-corrected chi connectivity index (χ4v) is 2.40. The quantitative estimate of drug-likeness (QED) is 0.567. The third-order valence-corrected chi connectivity index (χ3v) is 3.70. The lowest BCUT2D eigenvalue weighted by molar-refractivity contribution is 0.0470. The highest BCUT2D eigenvalue weighted by molar-refractivity contribution is 5.92. The summed E-state index contributed by atoms with van der Waals surface area (Å²) in [5.41, 5.74) is 0.561. The molecule has 0 fully saturated rings. The molecular formula is C18H14O6. The van der Waals surface area contributed by atoms with Crippen molar-refractivity contribution in [2.24, 2.45) is 0 Å². The molecule has 0 aliphatic heterocycles. The fraction of sp³-hybridized carbons (Fsp3) is 0.111. The third kappa shape index (κ3) is 2.81. The van der Waals surface area contributed by atoms with Crippen LogP contribution in [-0.2, 0) is 11.3 Å². The molecule has 3 rings (SSSR count). The van der Waals surface area contributed by atoms with Crippen molar-refractivity contribution in [3.05, 3.63) is 69.6 Å². The Morgan fingerprint density at radius 2 is 1.88 bits per heavy atom. The van der Waals surface area contributed by atoms with E-state index in [1.54, 1.807) is 25.1 Å². The van der Waals surface area contributed by atoms with Crippen molar-refractivity contribution in [2.75, 3.05) is 0 Å². The van der Waals surface area contributed by atoms with E-state index in [-0.39, 0.29) is 29.3 Å². The van der Waals surface area contributed by atoms with Crippen LogP contribution in [0.3, 0.4) is 0 Å². The molecule has 0 saturated heterocycles. The minimum Gasteiger partial charge on any atom is -0.508 e. The van der Waals surface area contributed by atoms with E-state index in [9.17, 15) is 19.8 Å². The topological polar surface area (TPSA) is 97.0 Å². The standard InChI is InChI=1S/C18H14O6/c1-10-14(19)7-6-12-11(8-16(21)24-17(10)12)9-23-18(22)13-4-2-3-5-15(13)20/h2-8,19-20H,9H2,1H3. The SMILES string of the molecule is Cc1c(O)ccc2c(COC(=O)c3ccccc3O)cc(=O)oc12. The molecule has 122 valence electrons. The Kier molecular flexibility index (Phi) is 3.95. The van der Waals surface area contributed by atoms with Crippen LogP contribution in [0.2, 0.25) is 0 Å². The van der Waals surface area contributed by atoms with Gasteiger partial charge in [0.25, 0.3) is 0 Å². The number of aromatic hydroxyl groups is 2. The molecule has 0 aliphatic rings. The first-order chi connectivity index (χ1) is 11.5. The first-order valence-corrected chi connectivity index (χ1v) is 7.18. The van der Waals surface area contributed by atoms with E-state index in [0.29, 0.717) is 16.5 Å². The molecule has 24 heavy (non-hydrogen) atoms. The van der Waals surface area contributed by atoms with Crippen molar-refractivity contribution >= 4 is 16.9 Å². The minimum atomic E-state index is -0.704. The van der Waals surface area contributed by atoms with Gasteiger partial charge in [0.2, 0.25) is 0 Å². The smallest absolute Gasteiger partial charge is 0.342 e. The number of hydrogen-bond donors (Lipinski definition) is 2. The van der Waals surface area contributed by atoms with E-state index in [2.05, 4.69) is 0 Å². The predicted octanol–water partition coefficient (Wildman–Crippen LogP) is 2.87. The molecule has 0 atom stereocenters. The number of carbonyl (C=O) groups is 1. The Labute approximate surface area is 136 Å². The summed E-state index contributed by atoms with van der Waals surface area (Å²) in [6, 6.07) is 10.3. The first kappa shape index (κ1) is 15.6. The van der Waals surface area contributed by atoms with Crippen LogP contribution in [-0.4, -0.2) is 16.2 Å².